The molecule has 0 radical (unpaired) electrons. The first-order chi connectivity index (χ1) is 11.5. The Labute approximate surface area is 145 Å². The van der Waals surface area contributed by atoms with Crippen LogP contribution in [0, 0.1) is 31.1 Å². The normalized spacial score (nSPS) is 15.1. The van der Waals surface area contributed by atoms with Crippen LogP contribution in [-0.2, 0) is 0 Å². The molecule has 0 atom stereocenters. The summed E-state index contributed by atoms with van der Waals surface area (Å²) in [5.74, 6) is 0.0618. The number of nitriles is 1. The van der Waals surface area contributed by atoms with E-state index in [-0.39, 0.29) is 11.9 Å². The number of urea groups is 1. The number of nitrogens with one attached hydrogen (secondary N) is 1. The van der Waals surface area contributed by atoms with E-state index >= 15 is 0 Å². The molecule has 124 valence electrons. The van der Waals surface area contributed by atoms with Gasteiger partial charge in [0.2, 0.25) is 5.13 Å². The Morgan fingerprint density at radius 1 is 1.25 bits per heavy atom. The zero-order valence-electron chi connectivity index (χ0n) is 13.7. The molecule has 24 heavy (non-hydrogen) atoms. The lowest BCUT2D eigenvalue weighted by molar-refractivity contribution is 0.192. The van der Waals surface area contributed by atoms with Crippen LogP contribution in [0.25, 0.3) is 10.6 Å². The van der Waals surface area contributed by atoms with Gasteiger partial charge in [-0.1, -0.05) is 28.5 Å². The number of hydrogen-bond donors (Lipinski definition) is 1. The number of aryl methyl sites for hydroxylation is 2. The zero-order chi connectivity index (χ0) is 17.1. The molecule has 2 amide bonds. The van der Waals surface area contributed by atoms with Crippen LogP contribution in [0.2, 0.25) is 0 Å². The molecule has 2 aromatic rings. The fourth-order valence-corrected chi connectivity index (χ4v) is 3.59. The van der Waals surface area contributed by atoms with Crippen LogP contribution in [0.4, 0.5) is 9.93 Å². The number of anilines is 1. The lowest BCUT2D eigenvalue weighted by atomic mass is 9.99. The minimum absolute atomic E-state index is 0.0618. The van der Waals surface area contributed by atoms with Crippen molar-refractivity contribution in [3.05, 3.63) is 29.3 Å². The van der Waals surface area contributed by atoms with Crippen LogP contribution in [0.3, 0.4) is 0 Å². The molecule has 0 saturated carbocycles. The number of aromatic nitrogens is 2. The zero-order valence-corrected chi connectivity index (χ0v) is 14.6. The van der Waals surface area contributed by atoms with Gasteiger partial charge < -0.3 is 4.90 Å². The summed E-state index contributed by atoms with van der Waals surface area (Å²) in [6.45, 7) is 5.30. The second-order valence-electron chi connectivity index (χ2n) is 6.11. The Kier molecular flexibility index (Phi) is 4.76. The second kappa shape index (κ2) is 6.97. The highest BCUT2D eigenvalue weighted by Crippen LogP contribution is 2.28. The van der Waals surface area contributed by atoms with Crippen molar-refractivity contribution in [1.82, 2.24) is 15.1 Å². The standard InChI is InChI=1S/C17H19N5OS/c1-11-7-12(2)9-14(8-11)15-20-21-16(24-15)19-17(23)22-5-3-13(10-18)4-6-22/h7-9,13H,3-6H2,1-2H3,(H,19,21,23). The van der Waals surface area contributed by atoms with Gasteiger partial charge in [-0.2, -0.15) is 5.26 Å². The van der Waals surface area contributed by atoms with Gasteiger partial charge >= 0.3 is 6.03 Å². The molecular weight excluding hydrogens is 322 g/mol. The van der Waals surface area contributed by atoms with Crippen molar-refractivity contribution in [1.29, 1.82) is 5.26 Å². The number of benzene rings is 1. The third-order valence-corrected chi connectivity index (χ3v) is 4.96. The van der Waals surface area contributed by atoms with Crippen molar-refractivity contribution >= 4 is 22.5 Å². The average molecular weight is 341 g/mol. The molecule has 6 nitrogen and oxygen atoms in total. The van der Waals surface area contributed by atoms with E-state index in [4.69, 9.17) is 5.26 Å². The van der Waals surface area contributed by atoms with Gasteiger partial charge in [-0.3, -0.25) is 5.32 Å². The summed E-state index contributed by atoms with van der Waals surface area (Å²) in [5, 5.41) is 21.3. The van der Waals surface area contributed by atoms with Gasteiger partial charge in [-0.05, 0) is 38.8 Å². The number of likely N-dealkylation sites (tertiary alicyclic amines) is 1. The van der Waals surface area contributed by atoms with E-state index in [9.17, 15) is 4.79 Å². The smallest absolute Gasteiger partial charge is 0.323 e. The summed E-state index contributed by atoms with van der Waals surface area (Å²) in [6.07, 6.45) is 1.46. The van der Waals surface area contributed by atoms with Gasteiger partial charge in [0.05, 0.1) is 6.07 Å². The van der Waals surface area contributed by atoms with Gasteiger partial charge in [0.25, 0.3) is 0 Å². The monoisotopic (exact) mass is 341 g/mol. The van der Waals surface area contributed by atoms with Crippen molar-refractivity contribution in [2.75, 3.05) is 18.4 Å². The van der Waals surface area contributed by atoms with Crippen LogP contribution >= 0.6 is 11.3 Å². The molecule has 0 unspecified atom stereocenters. The Morgan fingerprint density at radius 2 is 1.92 bits per heavy atom. The summed E-state index contributed by atoms with van der Waals surface area (Å²) >= 11 is 1.37. The molecule has 1 aromatic heterocycles. The van der Waals surface area contributed by atoms with Gasteiger partial charge in [-0.15, -0.1) is 10.2 Å². The number of hydrogen-bond acceptors (Lipinski definition) is 5. The van der Waals surface area contributed by atoms with E-state index in [1.54, 1.807) is 4.90 Å². The number of amides is 2. The van der Waals surface area contributed by atoms with Crippen molar-refractivity contribution in [2.24, 2.45) is 5.92 Å². The molecule has 0 spiro atoms. The molecule has 1 saturated heterocycles. The van der Waals surface area contributed by atoms with E-state index in [0.717, 1.165) is 23.4 Å². The second-order valence-corrected chi connectivity index (χ2v) is 7.09. The summed E-state index contributed by atoms with van der Waals surface area (Å²) in [4.78, 5) is 14.0. The highest BCUT2D eigenvalue weighted by Gasteiger charge is 2.23. The maximum Gasteiger partial charge on any atom is 0.323 e. The van der Waals surface area contributed by atoms with E-state index in [1.807, 2.05) is 13.8 Å². The minimum Gasteiger partial charge on any atom is -0.324 e. The first-order valence-electron chi connectivity index (χ1n) is 7.93. The highest BCUT2D eigenvalue weighted by atomic mass is 32.1. The first kappa shape index (κ1) is 16.4. The largest absolute Gasteiger partial charge is 0.324 e. The van der Waals surface area contributed by atoms with Crippen LogP contribution < -0.4 is 5.32 Å². The third kappa shape index (κ3) is 3.71. The van der Waals surface area contributed by atoms with E-state index in [1.165, 1.54) is 22.5 Å². The fraction of sp³-hybridized carbons (Fsp3) is 0.412. The molecule has 0 aliphatic carbocycles. The number of carbonyl (C=O) groups excluding carboxylic acids is 1. The van der Waals surface area contributed by atoms with Crippen LogP contribution in [0.1, 0.15) is 24.0 Å². The molecule has 1 aliphatic heterocycles. The maximum atomic E-state index is 12.3. The van der Waals surface area contributed by atoms with E-state index in [2.05, 4.69) is 39.8 Å². The minimum atomic E-state index is -0.172. The molecule has 0 bridgehead atoms. The lowest BCUT2D eigenvalue weighted by Gasteiger charge is -2.28. The SMILES string of the molecule is Cc1cc(C)cc(-c2nnc(NC(=O)N3CCC(C#N)CC3)s2)c1. The summed E-state index contributed by atoms with van der Waals surface area (Å²) < 4.78 is 0. The Hall–Kier alpha value is -2.46. The molecule has 1 aromatic carbocycles. The summed E-state index contributed by atoms with van der Waals surface area (Å²) in [7, 11) is 0. The number of rotatable bonds is 2. The fourth-order valence-electron chi connectivity index (χ4n) is 2.87. The average Bonchev–Trinajstić information content (AvgIpc) is 3.02. The molecule has 2 heterocycles. The van der Waals surface area contributed by atoms with E-state index in [0.29, 0.717) is 18.2 Å². The molecule has 3 rings (SSSR count). The predicted octanol–water partition coefficient (Wildman–Crippen LogP) is 3.59. The maximum absolute atomic E-state index is 12.3. The quantitative estimate of drug-likeness (QED) is 0.905. The number of carbonyl (C=O) groups is 1. The van der Waals surface area contributed by atoms with E-state index < -0.39 is 0 Å². The first-order valence-corrected chi connectivity index (χ1v) is 8.74. The van der Waals surface area contributed by atoms with Crippen LogP contribution in [-0.4, -0.2) is 34.2 Å². The lowest BCUT2D eigenvalue weighted by Crippen LogP contribution is -2.40. The van der Waals surface area contributed by atoms with Crippen LogP contribution in [0.15, 0.2) is 18.2 Å². The Balaban J connectivity index is 1.66. The molecule has 1 N–H and O–H groups in total. The highest BCUT2D eigenvalue weighted by molar-refractivity contribution is 7.18. The van der Waals surface area contributed by atoms with Gasteiger partial charge in [0, 0.05) is 24.6 Å². The van der Waals surface area contributed by atoms with Gasteiger partial charge in [-0.25, -0.2) is 4.79 Å². The van der Waals surface area contributed by atoms with Gasteiger partial charge in [0.1, 0.15) is 5.01 Å². The Bertz CT molecular complexity index is 766. The van der Waals surface area contributed by atoms with Crippen molar-refractivity contribution in [3.63, 3.8) is 0 Å². The number of piperidine rings is 1. The molecule has 7 heteroatoms. The molecule has 1 aliphatic rings. The van der Waals surface area contributed by atoms with Crippen molar-refractivity contribution in [3.8, 4) is 16.6 Å². The van der Waals surface area contributed by atoms with Crippen LogP contribution in [0.5, 0.6) is 0 Å². The number of nitrogens with zero attached hydrogens (tertiary/aromatic N) is 4. The van der Waals surface area contributed by atoms with Gasteiger partial charge in [0.15, 0.2) is 0 Å². The Morgan fingerprint density at radius 3 is 2.54 bits per heavy atom. The topological polar surface area (TPSA) is 81.9 Å². The third-order valence-electron chi connectivity index (χ3n) is 4.07. The summed E-state index contributed by atoms with van der Waals surface area (Å²) in [5.41, 5.74) is 3.36. The molecular formula is C17H19N5OS. The van der Waals surface area contributed by atoms with Crippen molar-refractivity contribution < 1.29 is 4.79 Å². The summed E-state index contributed by atoms with van der Waals surface area (Å²) in [6, 6.07) is 8.32. The van der Waals surface area contributed by atoms with Crippen molar-refractivity contribution in [2.45, 2.75) is 26.7 Å². The predicted molar refractivity (Wildman–Crippen MR) is 93.7 cm³/mol. The molecule has 1 fully saturated rings.